The summed E-state index contributed by atoms with van der Waals surface area (Å²) in [5.41, 5.74) is 0.397. The van der Waals surface area contributed by atoms with Crippen LogP contribution in [-0.4, -0.2) is 19.2 Å². The molecule has 0 aromatic heterocycles. The summed E-state index contributed by atoms with van der Waals surface area (Å²) < 4.78 is 4.28. The van der Waals surface area contributed by atoms with E-state index in [1.165, 1.54) is 0 Å². The molecule has 0 N–H and O–H groups in total. The molecule has 1 rings (SSSR count). The lowest BCUT2D eigenvalue weighted by atomic mass is 9.98. The molecule has 0 aliphatic carbocycles. The summed E-state index contributed by atoms with van der Waals surface area (Å²) in [6.45, 7) is 4.43. The van der Waals surface area contributed by atoms with Crippen LogP contribution in [0.3, 0.4) is 0 Å². The normalized spacial score (nSPS) is 23.2. The Morgan fingerprint density at radius 2 is 2.25 bits per heavy atom. The zero-order chi connectivity index (χ0) is 8.97. The van der Waals surface area contributed by atoms with E-state index in [0.717, 1.165) is 6.42 Å². The number of hydrogen-bond acceptors (Lipinski definition) is 4. The number of carbonyl (C=O) groups is 1. The van der Waals surface area contributed by atoms with Gasteiger partial charge in [-0.2, -0.15) is 0 Å². The van der Waals surface area contributed by atoms with Crippen molar-refractivity contribution < 1.29 is 19.3 Å². The molecule has 1 fully saturated rings. The van der Waals surface area contributed by atoms with E-state index in [1.807, 2.05) is 0 Å². The first-order chi connectivity index (χ1) is 5.75. The van der Waals surface area contributed by atoms with Gasteiger partial charge in [-0.25, -0.2) is 14.6 Å². The Morgan fingerprint density at radius 3 is 2.75 bits per heavy atom. The van der Waals surface area contributed by atoms with Gasteiger partial charge in [0.1, 0.15) is 7.11 Å². The van der Waals surface area contributed by atoms with E-state index in [9.17, 15) is 4.79 Å². The lowest BCUT2D eigenvalue weighted by molar-refractivity contribution is -0.321. The fraction of sp³-hybridized carbons (Fsp3) is 0.500. The highest BCUT2D eigenvalue weighted by atomic mass is 17.2. The minimum atomic E-state index is -0.481. The maximum absolute atomic E-state index is 10.9. The van der Waals surface area contributed by atoms with Crippen LogP contribution in [0.4, 0.5) is 0 Å². The van der Waals surface area contributed by atoms with Crippen LogP contribution in [0, 0.1) is 13.0 Å². The fourth-order valence-electron chi connectivity index (χ4n) is 0.997. The van der Waals surface area contributed by atoms with E-state index < -0.39 is 5.97 Å². The Morgan fingerprint density at radius 1 is 1.50 bits per heavy atom. The predicted molar refractivity (Wildman–Crippen MR) is 40.6 cm³/mol. The first-order valence-electron chi connectivity index (χ1n) is 3.65. The third kappa shape index (κ3) is 2.06. The minimum Gasteiger partial charge on any atom is -0.459 e. The van der Waals surface area contributed by atoms with E-state index in [1.54, 1.807) is 0 Å². The van der Waals surface area contributed by atoms with Crippen molar-refractivity contribution in [2.24, 2.45) is 5.92 Å². The van der Waals surface area contributed by atoms with E-state index in [4.69, 9.17) is 4.89 Å². The van der Waals surface area contributed by atoms with Gasteiger partial charge in [-0.3, -0.25) is 0 Å². The van der Waals surface area contributed by atoms with Crippen molar-refractivity contribution in [2.45, 2.75) is 6.42 Å². The quantitative estimate of drug-likeness (QED) is 0.351. The SMILES string of the molecule is [CH2]OC(=O)C(=C)C1CCOOC1. The maximum atomic E-state index is 10.9. The molecule has 1 aliphatic heterocycles. The summed E-state index contributed by atoms with van der Waals surface area (Å²) >= 11 is 0. The van der Waals surface area contributed by atoms with Gasteiger partial charge in [-0.1, -0.05) is 6.58 Å². The molecular weight excluding hydrogens is 160 g/mol. The smallest absolute Gasteiger partial charge is 0.333 e. The topological polar surface area (TPSA) is 44.8 Å². The van der Waals surface area contributed by atoms with Gasteiger partial charge in [0, 0.05) is 11.5 Å². The van der Waals surface area contributed by atoms with Crippen molar-refractivity contribution in [3.8, 4) is 0 Å². The molecule has 0 spiro atoms. The summed E-state index contributed by atoms with van der Waals surface area (Å²) in [4.78, 5) is 20.3. The van der Waals surface area contributed by atoms with E-state index in [-0.39, 0.29) is 5.92 Å². The Balaban J connectivity index is 2.45. The summed E-state index contributed by atoms with van der Waals surface area (Å²) in [5.74, 6) is -0.488. The molecule has 0 bridgehead atoms. The number of hydrogen-bond donors (Lipinski definition) is 0. The van der Waals surface area contributed by atoms with E-state index >= 15 is 0 Å². The van der Waals surface area contributed by atoms with Crippen molar-refractivity contribution >= 4 is 5.97 Å². The molecule has 1 aliphatic rings. The van der Waals surface area contributed by atoms with Gasteiger partial charge in [-0.15, -0.1) is 0 Å². The summed E-state index contributed by atoms with van der Waals surface area (Å²) in [7, 11) is 3.02. The monoisotopic (exact) mass is 171 g/mol. The van der Waals surface area contributed by atoms with E-state index in [2.05, 4.69) is 23.3 Å². The zero-order valence-electron chi connectivity index (χ0n) is 6.75. The van der Waals surface area contributed by atoms with Crippen LogP contribution in [0.15, 0.2) is 12.2 Å². The third-order valence-corrected chi connectivity index (χ3v) is 1.79. The van der Waals surface area contributed by atoms with Gasteiger partial charge in [0.15, 0.2) is 0 Å². The van der Waals surface area contributed by atoms with Crippen molar-refractivity contribution in [1.29, 1.82) is 0 Å². The fourth-order valence-corrected chi connectivity index (χ4v) is 0.997. The highest BCUT2D eigenvalue weighted by molar-refractivity contribution is 5.88. The van der Waals surface area contributed by atoms with Crippen LogP contribution in [0.25, 0.3) is 0 Å². The molecule has 1 heterocycles. The average molecular weight is 171 g/mol. The van der Waals surface area contributed by atoms with Crippen molar-refractivity contribution in [3.63, 3.8) is 0 Å². The van der Waals surface area contributed by atoms with Gasteiger partial charge >= 0.3 is 5.97 Å². The molecule has 4 nitrogen and oxygen atoms in total. The zero-order valence-corrected chi connectivity index (χ0v) is 6.75. The highest BCUT2D eigenvalue weighted by Gasteiger charge is 2.23. The predicted octanol–water partition coefficient (Wildman–Crippen LogP) is 0.845. The Kier molecular flexibility index (Phi) is 3.25. The Bertz CT molecular complexity index is 181. The minimum absolute atomic E-state index is 0.00648. The van der Waals surface area contributed by atoms with Gasteiger partial charge in [0.2, 0.25) is 0 Å². The second-order valence-electron chi connectivity index (χ2n) is 2.55. The second kappa shape index (κ2) is 4.23. The first kappa shape index (κ1) is 9.22. The Hall–Kier alpha value is -0.870. The van der Waals surface area contributed by atoms with Crippen LogP contribution in [0.5, 0.6) is 0 Å². The average Bonchev–Trinajstić information content (AvgIpc) is 2.17. The first-order valence-corrected chi connectivity index (χ1v) is 3.65. The van der Waals surface area contributed by atoms with Crippen LogP contribution in [-0.2, 0) is 19.3 Å². The molecule has 1 saturated heterocycles. The highest BCUT2D eigenvalue weighted by Crippen LogP contribution is 2.19. The largest absolute Gasteiger partial charge is 0.459 e. The lowest BCUT2D eigenvalue weighted by Gasteiger charge is -2.21. The molecule has 1 unspecified atom stereocenters. The molecule has 0 saturated carbocycles. The lowest BCUT2D eigenvalue weighted by Crippen LogP contribution is -2.24. The molecule has 0 aromatic carbocycles. The van der Waals surface area contributed by atoms with Crippen molar-refractivity contribution in [1.82, 2.24) is 0 Å². The molecular formula is C8H11O4. The second-order valence-corrected chi connectivity index (χ2v) is 2.55. The number of esters is 1. The van der Waals surface area contributed by atoms with Crippen molar-refractivity contribution in [3.05, 3.63) is 19.3 Å². The van der Waals surface area contributed by atoms with Crippen molar-refractivity contribution in [2.75, 3.05) is 13.2 Å². The molecule has 4 heteroatoms. The summed E-state index contributed by atoms with van der Waals surface area (Å²) in [6.07, 6.45) is 0.730. The number of rotatable bonds is 2. The van der Waals surface area contributed by atoms with Crippen LogP contribution in [0.1, 0.15) is 6.42 Å². The molecule has 1 atom stereocenters. The molecule has 1 radical (unpaired) electrons. The summed E-state index contributed by atoms with van der Waals surface area (Å²) in [5, 5.41) is 0. The van der Waals surface area contributed by atoms with Gasteiger partial charge < -0.3 is 4.74 Å². The third-order valence-electron chi connectivity index (χ3n) is 1.79. The van der Waals surface area contributed by atoms with Gasteiger partial charge in [0.25, 0.3) is 0 Å². The van der Waals surface area contributed by atoms with Crippen LogP contribution >= 0.6 is 0 Å². The Labute approximate surface area is 71.0 Å². The number of ether oxygens (including phenoxy) is 1. The van der Waals surface area contributed by atoms with Crippen LogP contribution in [0.2, 0.25) is 0 Å². The maximum Gasteiger partial charge on any atom is 0.333 e. The summed E-state index contributed by atoms with van der Waals surface area (Å²) in [6, 6.07) is 0. The van der Waals surface area contributed by atoms with E-state index in [0.29, 0.717) is 18.8 Å². The number of carbonyl (C=O) groups excluding carboxylic acids is 1. The van der Waals surface area contributed by atoms with Gasteiger partial charge in [0.05, 0.1) is 13.2 Å². The molecule has 0 amide bonds. The molecule has 67 valence electrons. The molecule has 12 heavy (non-hydrogen) atoms. The van der Waals surface area contributed by atoms with Crippen LogP contribution < -0.4 is 0 Å². The van der Waals surface area contributed by atoms with Gasteiger partial charge in [-0.05, 0) is 6.42 Å². The molecule has 0 aromatic rings. The standard InChI is InChI=1S/C8H11O4/c1-6(8(9)10-2)7-3-4-11-12-5-7/h7H,1-5H2.